The molecule has 5 nitrogen and oxygen atoms in total. The predicted octanol–water partition coefficient (Wildman–Crippen LogP) is 0.585. The Morgan fingerprint density at radius 3 is 2.37 bits per heavy atom. The van der Waals surface area contributed by atoms with Crippen molar-refractivity contribution in [3.05, 3.63) is 0 Å². The van der Waals surface area contributed by atoms with E-state index in [4.69, 9.17) is 5.73 Å². The summed E-state index contributed by atoms with van der Waals surface area (Å²) in [5, 5.41) is 0. The van der Waals surface area contributed by atoms with Crippen molar-refractivity contribution in [1.29, 1.82) is 0 Å². The van der Waals surface area contributed by atoms with Crippen LogP contribution in [0, 0.1) is 5.92 Å². The number of nitrogens with two attached hydrogens (primary N) is 1. The molecule has 0 aromatic heterocycles. The second-order valence-corrected chi connectivity index (χ2v) is 5.77. The van der Waals surface area contributed by atoms with Gasteiger partial charge in [-0.2, -0.15) is 0 Å². The number of nitrogens with zero attached hydrogens (tertiary/aromatic N) is 2. The average Bonchev–Trinajstić information content (AvgIpc) is 2.35. The van der Waals surface area contributed by atoms with E-state index in [9.17, 15) is 9.59 Å². The zero-order valence-corrected chi connectivity index (χ0v) is 11.8. The van der Waals surface area contributed by atoms with E-state index in [0.717, 1.165) is 51.9 Å². The van der Waals surface area contributed by atoms with E-state index >= 15 is 0 Å². The first-order valence-electron chi connectivity index (χ1n) is 7.43. The van der Waals surface area contributed by atoms with Gasteiger partial charge in [-0.3, -0.25) is 14.5 Å². The monoisotopic (exact) mass is 267 g/mol. The molecule has 19 heavy (non-hydrogen) atoms. The third kappa shape index (κ3) is 3.47. The summed E-state index contributed by atoms with van der Waals surface area (Å²) >= 11 is 0. The Morgan fingerprint density at radius 1 is 1.21 bits per heavy atom. The Kier molecular flexibility index (Phi) is 4.80. The smallest absolute Gasteiger partial charge is 0.222 e. The molecule has 108 valence electrons. The highest BCUT2D eigenvalue weighted by molar-refractivity contribution is 5.77. The molecule has 2 aliphatic rings. The minimum absolute atomic E-state index is 0.0543. The van der Waals surface area contributed by atoms with Crippen molar-refractivity contribution in [3.63, 3.8) is 0 Å². The van der Waals surface area contributed by atoms with Crippen LogP contribution in [0.2, 0.25) is 0 Å². The Hall–Kier alpha value is -1.10. The topological polar surface area (TPSA) is 66.6 Å². The molecule has 0 spiro atoms. The van der Waals surface area contributed by atoms with E-state index in [1.165, 1.54) is 0 Å². The Bertz CT molecular complexity index is 332. The van der Waals surface area contributed by atoms with Crippen LogP contribution in [-0.2, 0) is 9.59 Å². The molecule has 0 aromatic carbocycles. The number of likely N-dealkylation sites (tertiary alicyclic amines) is 2. The van der Waals surface area contributed by atoms with E-state index < -0.39 is 0 Å². The molecule has 2 amide bonds. The zero-order valence-electron chi connectivity index (χ0n) is 11.8. The largest absolute Gasteiger partial charge is 0.369 e. The number of hydrogen-bond donors (Lipinski definition) is 1. The first-order chi connectivity index (χ1) is 9.11. The van der Waals surface area contributed by atoms with Gasteiger partial charge in [-0.15, -0.1) is 0 Å². The molecule has 2 N–H and O–H groups in total. The summed E-state index contributed by atoms with van der Waals surface area (Å²) in [6.45, 7) is 5.72. The standard InChI is InChI=1S/C14H25N3O2/c1-2-3-4-13(18)17-9-12(10-17)16-7-5-11(6-8-16)14(15)19/h11-12H,2-10H2,1H3,(H2,15,19). The fourth-order valence-corrected chi connectivity index (χ4v) is 2.93. The molecule has 0 aliphatic carbocycles. The lowest BCUT2D eigenvalue weighted by atomic mass is 9.93. The van der Waals surface area contributed by atoms with Crippen molar-refractivity contribution in [2.75, 3.05) is 26.2 Å². The first kappa shape index (κ1) is 14.3. The van der Waals surface area contributed by atoms with Gasteiger partial charge in [0.25, 0.3) is 0 Å². The molecular weight excluding hydrogens is 242 g/mol. The van der Waals surface area contributed by atoms with E-state index in [2.05, 4.69) is 11.8 Å². The minimum atomic E-state index is -0.162. The molecule has 0 bridgehead atoms. The maximum absolute atomic E-state index is 11.8. The summed E-state index contributed by atoms with van der Waals surface area (Å²) in [5.74, 6) is 0.188. The van der Waals surface area contributed by atoms with Gasteiger partial charge in [-0.25, -0.2) is 0 Å². The Balaban J connectivity index is 1.67. The Morgan fingerprint density at radius 2 is 1.84 bits per heavy atom. The van der Waals surface area contributed by atoms with Crippen molar-refractivity contribution in [1.82, 2.24) is 9.80 Å². The van der Waals surface area contributed by atoms with E-state index in [1.54, 1.807) is 0 Å². The van der Waals surface area contributed by atoms with Gasteiger partial charge in [0, 0.05) is 31.5 Å². The van der Waals surface area contributed by atoms with Crippen molar-refractivity contribution in [3.8, 4) is 0 Å². The second-order valence-electron chi connectivity index (χ2n) is 5.77. The van der Waals surface area contributed by atoms with Gasteiger partial charge < -0.3 is 10.6 Å². The maximum atomic E-state index is 11.8. The number of carbonyl (C=O) groups excluding carboxylic acids is 2. The number of rotatable bonds is 5. The van der Waals surface area contributed by atoms with Crippen LogP contribution in [0.15, 0.2) is 0 Å². The molecule has 2 heterocycles. The summed E-state index contributed by atoms with van der Waals surface area (Å²) < 4.78 is 0. The van der Waals surface area contributed by atoms with Crippen LogP contribution in [0.25, 0.3) is 0 Å². The van der Waals surface area contributed by atoms with Crippen LogP contribution in [-0.4, -0.2) is 53.8 Å². The van der Waals surface area contributed by atoms with Crippen LogP contribution in [0.3, 0.4) is 0 Å². The van der Waals surface area contributed by atoms with Crippen LogP contribution in [0.1, 0.15) is 39.0 Å². The van der Waals surface area contributed by atoms with Gasteiger partial charge in [0.2, 0.25) is 11.8 Å². The van der Waals surface area contributed by atoms with Gasteiger partial charge in [-0.1, -0.05) is 13.3 Å². The lowest BCUT2D eigenvalue weighted by Crippen LogP contribution is -2.62. The highest BCUT2D eigenvalue weighted by atomic mass is 16.2. The molecule has 2 rings (SSSR count). The molecule has 5 heteroatoms. The number of unbranched alkanes of at least 4 members (excludes halogenated alkanes) is 1. The average molecular weight is 267 g/mol. The summed E-state index contributed by atoms with van der Waals surface area (Å²) in [6, 6.07) is 0.499. The lowest BCUT2D eigenvalue weighted by molar-refractivity contribution is -0.139. The van der Waals surface area contributed by atoms with Crippen molar-refractivity contribution >= 4 is 11.8 Å². The molecule has 2 aliphatic heterocycles. The highest BCUT2D eigenvalue weighted by Gasteiger charge is 2.36. The van der Waals surface area contributed by atoms with Gasteiger partial charge in [0.05, 0.1) is 0 Å². The lowest BCUT2D eigenvalue weighted by Gasteiger charge is -2.47. The van der Waals surface area contributed by atoms with Gasteiger partial charge in [0.1, 0.15) is 0 Å². The molecule has 0 aromatic rings. The Labute approximate surface area is 115 Å². The number of amides is 2. The number of primary amides is 1. The number of carbonyl (C=O) groups is 2. The number of piperidine rings is 1. The SMILES string of the molecule is CCCCC(=O)N1CC(N2CCC(C(N)=O)CC2)C1. The second kappa shape index (κ2) is 6.37. The molecule has 0 saturated carbocycles. The predicted molar refractivity (Wildman–Crippen MR) is 73.4 cm³/mol. The van der Waals surface area contributed by atoms with E-state index in [0.29, 0.717) is 18.4 Å². The van der Waals surface area contributed by atoms with Crippen molar-refractivity contribution < 1.29 is 9.59 Å². The molecule has 2 saturated heterocycles. The molecule has 2 fully saturated rings. The fourth-order valence-electron chi connectivity index (χ4n) is 2.93. The third-order valence-electron chi connectivity index (χ3n) is 4.41. The molecular formula is C14H25N3O2. The zero-order chi connectivity index (χ0) is 13.8. The summed E-state index contributed by atoms with van der Waals surface area (Å²) in [5.41, 5.74) is 5.33. The van der Waals surface area contributed by atoms with Gasteiger partial charge in [0.15, 0.2) is 0 Å². The summed E-state index contributed by atoms with van der Waals surface area (Å²) in [6.07, 6.45) is 4.49. The quantitative estimate of drug-likeness (QED) is 0.792. The van der Waals surface area contributed by atoms with Crippen LogP contribution in [0.4, 0.5) is 0 Å². The summed E-state index contributed by atoms with van der Waals surface area (Å²) in [4.78, 5) is 27.3. The van der Waals surface area contributed by atoms with Crippen LogP contribution in [0.5, 0.6) is 0 Å². The molecule has 0 atom stereocenters. The van der Waals surface area contributed by atoms with Gasteiger partial charge >= 0.3 is 0 Å². The van der Waals surface area contributed by atoms with Crippen LogP contribution < -0.4 is 5.73 Å². The number of hydrogen-bond acceptors (Lipinski definition) is 3. The highest BCUT2D eigenvalue weighted by Crippen LogP contribution is 2.23. The van der Waals surface area contributed by atoms with E-state index in [1.807, 2.05) is 4.90 Å². The van der Waals surface area contributed by atoms with Crippen molar-refractivity contribution in [2.45, 2.75) is 45.1 Å². The minimum Gasteiger partial charge on any atom is -0.369 e. The molecule has 0 unspecified atom stereocenters. The maximum Gasteiger partial charge on any atom is 0.222 e. The van der Waals surface area contributed by atoms with Gasteiger partial charge in [-0.05, 0) is 32.4 Å². The molecule has 0 radical (unpaired) electrons. The van der Waals surface area contributed by atoms with E-state index in [-0.39, 0.29) is 11.8 Å². The van der Waals surface area contributed by atoms with Crippen molar-refractivity contribution in [2.24, 2.45) is 11.7 Å². The first-order valence-corrected chi connectivity index (χ1v) is 7.43. The summed E-state index contributed by atoms with van der Waals surface area (Å²) in [7, 11) is 0. The fraction of sp³-hybridized carbons (Fsp3) is 0.857. The normalized spacial score (nSPS) is 22.3. The third-order valence-corrected chi connectivity index (χ3v) is 4.41. The van der Waals surface area contributed by atoms with Crippen LogP contribution >= 0.6 is 0 Å².